The fourth-order valence-corrected chi connectivity index (χ4v) is 0. The molecule has 0 heterocycles. The maximum absolute atomic E-state index is 8.54. The van der Waals surface area contributed by atoms with Crippen molar-refractivity contribution in [2.24, 2.45) is 0 Å². The molecule has 0 atom stereocenters. The first kappa shape index (κ1) is 15.6. The molecule has 0 aliphatic carbocycles. The van der Waals surface area contributed by atoms with Crippen LogP contribution in [0.25, 0.3) is 0 Å². The molecular formula is O3SeTi2-2. The van der Waals surface area contributed by atoms with E-state index in [9.17, 15) is 0 Å². The van der Waals surface area contributed by atoms with Crippen LogP contribution in [-0.4, -0.2) is 14.5 Å². The van der Waals surface area contributed by atoms with Crippen LogP contribution in [0.5, 0.6) is 0 Å². The summed E-state index contributed by atoms with van der Waals surface area (Å²) in [7, 11) is 0. The SMILES string of the molecule is O=[Se]([O-])[O-].[Ti].[Ti]. The summed E-state index contributed by atoms with van der Waals surface area (Å²) in [6, 6.07) is 0. The Kier molecular flexibility index (Phi) is 25.6. The van der Waals surface area contributed by atoms with E-state index in [0.29, 0.717) is 0 Å². The molecule has 0 aliphatic rings. The molecule has 0 saturated heterocycles. The van der Waals surface area contributed by atoms with E-state index in [2.05, 4.69) is 0 Å². The van der Waals surface area contributed by atoms with Crippen molar-refractivity contribution in [2.75, 3.05) is 0 Å². The van der Waals surface area contributed by atoms with E-state index < -0.39 is 14.5 Å². The van der Waals surface area contributed by atoms with E-state index in [-0.39, 0.29) is 43.4 Å². The van der Waals surface area contributed by atoms with Crippen LogP contribution in [0, 0.1) is 0 Å². The number of hydrogen-bond acceptors (Lipinski definition) is 3. The maximum atomic E-state index is 8.54. The van der Waals surface area contributed by atoms with Crippen LogP contribution in [0.15, 0.2) is 0 Å². The van der Waals surface area contributed by atoms with Crippen LogP contribution >= 0.6 is 0 Å². The summed E-state index contributed by atoms with van der Waals surface area (Å²) in [6.07, 6.45) is 0. The zero-order chi connectivity index (χ0) is 3.58. The first-order chi connectivity index (χ1) is 1.73. The fourth-order valence-electron chi connectivity index (χ4n) is 0. The molecule has 0 aliphatic heterocycles. The molecule has 0 spiro atoms. The molecule has 0 aromatic carbocycles. The molecule has 0 radical (unpaired) electrons. The monoisotopic (exact) mass is 224 g/mol. The Labute approximate surface area is 69.6 Å². The molecule has 0 aromatic heterocycles. The van der Waals surface area contributed by atoms with Gasteiger partial charge in [0.05, 0.1) is 0 Å². The molecule has 0 N–H and O–H groups in total. The molecule has 6 heteroatoms. The van der Waals surface area contributed by atoms with Gasteiger partial charge in [-0.15, -0.1) is 0 Å². The van der Waals surface area contributed by atoms with Gasteiger partial charge in [0.15, 0.2) is 0 Å². The zero-order valence-corrected chi connectivity index (χ0v) is 7.47. The van der Waals surface area contributed by atoms with E-state index >= 15 is 0 Å². The minimum Gasteiger partial charge on any atom is 0 e. The summed E-state index contributed by atoms with van der Waals surface area (Å²) in [5.74, 6) is 0. The van der Waals surface area contributed by atoms with Crippen molar-refractivity contribution >= 4 is 14.5 Å². The van der Waals surface area contributed by atoms with Gasteiger partial charge in [-0.05, 0) is 0 Å². The Morgan fingerprint density at radius 2 is 1.17 bits per heavy atom. The van der Waals surface area contributed by atoms with Gasteiger partial charge in [0, 0.05) is 43.4 Å². The predicted octanol–water partition coefficient (Wildman–Crippen LogP) is -2.88. The fraction of sp³-hybridized carbons (Fsp3) is 0. The van der Waals surface area contributed by atoms with Gasteiger partial charge in [0.2, 0.25) is 0 Å². The van der Waals surface area contributed by atoms with Crippen molar-refractivity contribution in [3.8, 4) is 0 Å². The van der Waals surface area contributed by atoms with E-state index in [4.69, 9.17) is 12.2 Å². The summed E-state index contributed by atoms with van der Waals surface area (Å²) in [6.45, 7) is 0. The van der Waals surface area contributed by atoms with Crippen LogP contribution in [-0.2, 0) is 47.3 Å². The normalized spacial score (nSPS) is 5.83. The second kappa shape index (κ2) is 9.83. The summed E-state index contributed by atoms with van der Waals surface area (Å²) in [5.41, 5.74) is 0. The molecule has 0 rings (SSSR count). The van der Waals surface area contributed by atoms with Crippen molar-refractivity contribution in [1.82, 2.24) is 0 Å². The topological polar surface area (TPSA) is 63.2 Å². The molecule has 3 nitrogen and oxygen atoms in total. The van der Waals surface area contributed by atoms with Gasteiger partial charge >= 0.3 is 26.7 Å². The quantitative estimate of drug-likeness (QED) is 0.414. The summed E-state index contributed by atoms with van der Waals surface area (Å²) < 4.78 is 25.6. The van der Waals surface area contributed by atoms with Crippen LogP contribution in [0.3, 0.4) is 0 Å². The third-order valence-corrected chi connectivity index (χ3v) is 0. The molecule has 0 aromatic rings. The molecular weight excluding hydrogens is 223 g/mol. The molecule has 0 fully saturated rings. The molecule has 34 valence electrons. The van der Waals surface area contributed by atoms with Gasteiger partial charge < -0.3 is 0 Å². The van der Waals surface area contributed by atoms with Gasteiger partial charge in [-0.3, -0.25) is 0 Å². The zero-order valence-electron chi connectivity index (χ0n) is 2.63. The maximum Gasteiger partial charge on any atom is 0 e. The molecule has 0 unspecified atom stereocenters. The Morgan fingerprint density at radius 1 is 1.17 bits per heavy atom. The minimum atomic E-state index is -3.79. The standard InChI is InChI=1S/H2O3Se.2Ti/c1-4(2)3;;/h(H2,1,2,3);;/p-2. The third kappa shape index (κ3) is 44.4. The summed E-state index contributed by atoms with van der Waals surface area (Å²) in [5, 5.41) is 0. The Balaban J connectivity index is -0.0000000450. The smallest absolute Gasteiger partial charge is 0 e. The number of hydrogen-bond donors (Lipinski definition) is 0. The van der Waals surface area contributed by atoms with Crippen LogP contribution < -0.4 is 8.38 Å². The minimum absolute atomic E-state index is 0. The van der Waals surface area contributed by atoms with Crippen LogP contribution in [0.2, 0.25) is 0 Å². The Bertz CT molecular complexity index is 31.8. The molecule has 0 bridgehead atoms. The van der Waals surface area contributed by atoms with Gasteiger partial charge in [0.1, 0.15) is 0 Å². The van der Waals surface area contributed by atoms with Crippen molar-refractivity contribution in [2.45, 2.75) is 0 Å². The van der Waals surface area contributed by atoms with Crippen LogP contribution in [0.4, 0.5) is 0 Å². The van der Waals surface area contributed by atoms with Crippen molar-refractivity contribution < 1.29 is 55.6 Å². The Morgan fingerprint density at radius 3 is 1.17 bits per heavy atom. The predicted molar refractivity (Wildman–Crippen MR) is 6.44 cm³/mol. The van der Waals surface area contributed by atoms with Crippen LogP contribution in [0.1, 0.15) is 0 Å². The molecule has 6 heavy (non-hydrogen) atoms. The van der Waals surface area contributed by atoms with Gasteiger partial charge in [-0.1, -0.05) is 0 Å². The first-order valence-electron chi connectivity index (χ1n) is 0.500. The van der Waals surface area contributed by atoms with E-state index in [1.54, 1.807) is 0 Å². The molecule has 0 amide bonds. The summed E-state index contributed by atoms with van der Waals surface area (Å²) >= 11 is -3.79. The van der Waals surface area contributed by atoms with Gasteiger partial charge in [-0.2, -0.15) is 0 Å². The van der Waals surface area contributed by atoms with Gasteiger partial charge in [0.25, 0.3) is 0 Å². The second-order valence-corrected chi connectivity index (χ2v) is 1.06. The first-order valence-corrected chi connectivity index (χ1v) is 2.60. The largest absolute Gasteiger partial charge is 0 e. The van der Waals surface area contributed by atoms with E-state index in [0.717, 1.165) is 0 Å². The van der Waals surface area contributed by atoms with E-state index in [1.165, 1.54) is 0 Å². The van der Waals surface area contributed by atoms with Gasteiger partial charge in [-0.25, -0.2) is 0 Å². The van der Waals surface area contributed by atoms with E-state index in [1.807, 2.05) is 0 Å². The van der Waals surface area contributed by atoms with Crippen molar-refractivity contribution in [1.29, 1.82) is 0 Å². The van der Waals surface area contributed by atoms with Crippen molar-refractivity contribution in [3.63, 3.8) is 0 Å². The average molecular weight is 223 g/mol. The third-order valence-electron chi connectivity index (χ3n) is 0. The van der Waals surface area contributed by atoms with Crippen molar-refractivity contribution in [3.05, 3.63) is 0 Å². The number of rotatable bonds is 0. The second-order valence-electron chi connectivity index (χ2n) is 0.204. The Hall–Kier alpha value is 1.67. The molecule has 0 saturated carbocycles. The average Bonchev–Trinajstić information content (AvgIpc) is 0.811. The summed E-state index contributed by atoms with van der Waals surface area (Å²) in [4.78, 5) is 0.